The van der Waals surface area contributed by atoms with E-state index in [4.69, 9.17) is 0 Å². The second-order valence-corrected chi connectivity index (χ2v) is 9.86. The van der Waals surface area contributed by atoms with Crippen molar-refractivity contribution in [3.8, 4) is 0 Å². The van der Waals surface area contributed by atoms with Gasteiger partial charge in [-0.3, -0.25) is 14.7 Å². The zero-order valence-corrected chi connectivity index (χ0v) is 17.1. The molecule has 154 valence electrons. The van der Waals surface area contributed by atoms with Gasteiger partial charge in [0.2, 0.25) is 6.54 Å². The molecular formula is C22H21FN3O3P. The highest BCUT2D eigenvalue weighted by Crippen LogP contribution is 2.68. The Bertz CT molecular complexity index is 1010. The van der Waals surface area contributed by atoms with Gasteiger partial charge in [-0.25, -0.2) is 4.39 Å². The number of halogens is 1. The van der Waals surface area contributed by atoms with Gasteiger partial charge in [0, 0.05) is 29.4 Å². The van der Waals surface area contributed by atoms with E-state index in [-0.39, 0.29) is 0 Å². The van der Waals surface area contributed by atoms with Crippen molar-refractivity contribution in [3.63, 3.8) is 0 Å². The number of anilines is 2. The van der Waals surface area contributed by atoms with Crippen LogP contribution in [-0.2, 0) is 4.57 Å². The third-order valence-corrected chi connectivity index (χ3v) is 8.83. The van der Waals surface area contributed by atoms with Gasteiger partial charge in [-0.2, -0.15) is 0 Å². The van der Waals surface area contributed by atoms with E-state index in [1.54, 1.807) is 9.34 Å². The molecule has 4 rings (SSSR count). The van der Waals surface area contributed by atoms with Crippen LogP contribution < -0.4 is 9.34 Å². The van der Waals surface area contributed by atoms with Crippen LogP contribution in [-0.4, -0.2) is 24.6 Å². The van der Waals surface area contributed by atoms with Crippen LogP contribution in [0.1, 0.15) is 11.2 Å². The average Bonchev–Trinajstić information content (AvgIpc) is 3.12. The molecule has 1 unspecified atom stereocenters. The van der Waals surface area contributed by atoms with E-state index in [1.165, 1.54) is 24.3 Å². The SMILES string of the molecule is O=[N+]([O-])CC(c1ccc(F)cc1)P1(=O)N(c2ccccc2)CCN1c1ccccc1. The number of nitro groups is 1. The first-order valence-electron chi connectivity index (χ1n) is 9.63. The van der Waals surface area contributed by atoms with Crippen molar-refractivity contribution in [1.29, 1.82) is 0 Å². The highest BCUT2D eigenvalue weighted by Gasteiger charge is 2.51. The first kappa shape index (κ1) is 20.1. The molecule has 1 heterocycles. The fourth-order valence-electron chi connectivity index (χ4n) is 3.96. The van der Waals surface area contributed by atoms with Crippen LogP contribution in [0.3, 0.4) is 0 Å². The van der Waals surface area contributed by atoms with Gasteiger partial charge in [0.15, 0.2) is 0 Å². The molecule has 0 spiro atoms. The lowest BCUT2D eigenvalue weighted by Gasteiger charge is -2.36. The van der Waals surface area contributed by atoms with Crippen LogP contribution >= 0.6 is 7.44 Å². The first-order valence-corrected chi connectivity index (χ1v) is 11.3. The molecule has 1 fully saturated rings. The van der Waals surface area contributed by atoms with Crippen molar-refractivity contribution in [2.45, 2.75) is 5.66 Å². The molecule has 8 heteroatoms. The zero-order chi connectivity index (χ0) is 21.1. The fourth-order valence-corrected chi connectivity index (χ4v) is 7.48. The topological polar surface area (TPSA) is 66.7 Å². The van der Waals surface area contributed by atoms with Gasteiger partial charge in [-0.05, 0) is 42.0 Å². The third-order valence-electron chi connectivity index (χ3n) is 5.31. The molecule has 3 aromatic carbocycles. The van der Waals surface area contributed by atoms with Gasteiger partial charge < -0.3 is 9.34 Å². The highest BCUT2D eigenvalue weighted by atomic mass is 31.2. The van der Waals surface area contributed by atoms with Crippen molar-refractivity contribution in [2.24, 2.45) is 0 Å². The molecule has 1 atom stereocenters. The van der Waals surface area contributed by atoms with E-state index >= 15 is 0 Å². The van der Waals surface area contributed by atoms with Crippen molar-refractivity contribution in [1.82, 2.24) is 0 Å². The van der Waals surface area contributed by atoms with Gasteiger partial charge in [0.05, 0.1) is 0 Å². The van der Waals surface area contributed by atoms with Gasteiger partial charge in [0.1, 0.15) is 11.5 Å². The summed E-state index contributed by atoms with van der Waals surface area (Å²) in [5.41, 5.74) is 1.06. The van der Waals surface area contributed by atoms with Crippen LogP contribution in [0.5, 0.6) is 0 Å². The Hall–Kier alpha value is -3.18. The molecule has 1 aliphatic rings. The quantitative estimate of drug-likeness (QED) is 0.302. The van der Waals surface area contributed by atoms with Crippen molar-refractivity contribution < 1.29 is 13.9 Å². The second kappa shape index (κ2) is 8.28. The van der Waals surface area contributed by atoms with E-state index < -0.39 is 30.4 Å². The summed E-state index contributed by atoms with van der Waals surface area (Å²) >= 11 is 0. The number of nitrogens with zero attached hydrogens (tertiary/aromatic N) is 3. The molecule has 6 nitrogen and oxygen atoms in total. The minimum absolute atomic E-state index is 0.442. The maximum absolute atomic E-state index is 14.9. The summed E-state index contributed by atoms with van der Waals surface area (Å²) in [7, 11) is -3.53. The molecule has 0 radical (unpaired) electrons. The summed E-state index contributed by atoms with van der Waals surface area (Å²) in [6, 6.07) is 24.1. The van der Waals surface area contributed by atoms with Crippen LogP contribution in [0.2, 0.25) is 0 Å². The summed E-state index contributed by atoms with van der Waals surface area (Å²) in [5, 5.41) is 11.6. The van der Waals surface area contributed by atoms with Crippen LogP contribution in [0.15, 0.2) is 84.9 Å². The molecule has 30 heavy (non-hydrogen) atoms. The molecule has 0 bridgehead atoms. The zero-order valence-electron chi connectivity index (χ0n) is 16.2. The van der Waals surface area contributed by atoms with E-state index in [1.807, 2.05) is 60.7 Å². The van der Waals surface area contributed by atoms with E-state index in [9.17, 15) is 19.1 Å². The van der Waals surface area contributed by atoms with Crippen molar-refractivity contribution >= 4 is 18.8 Å². The largest absolute Gasteiger partial charge is 0.304 e. The lowest BCUT2D eigenvalue weighted by atomic mass is 10.1. The molecule has 0 amide bonds. The van der Waals surface area contributed by atoms with Gasteiger partial charge >= 0.3 is 0 Å². The minimum atomic E-state index is -3.53. The lowest BCUT2D eigenvalue weighted by molar-refractivity contribution is -0.480. The lowest BCUT2D eigenvalue weighted by Crippen LogP contribution is -2.27. The second-order valence-electron chi connectivity index (χ2n) is 7.09. The Balaban J connectivity index is 1.89. The van der Waals surface area contributed by atoms with Crippen LogP contribution in [0, 0.1) is 15.9 Å². The summed E-state index contributed by atoms with van der Waals surface area (Å²) in [6.45, 7) is 0.409. The Kier molecular flexibility index (Phi) is 5.55. The summed E-state index contributed by atoms with van der Waals surface area (Å²) in [5.74, 6) is -0.442. The Labute approximate surface area is 174 Å². The molecule has 0 aromatic heterocycles. The highest BCUT2D eigenvalue weighted by molar-refractivity contribution is 7.68. The van der Waals surface area contributed by atoms with Crippen LogP contribution in [0.25, 0.3) is 0 Å². The van der Waals surface area contributed by atoms with E-state index in [0.717, 1.165) is 11.4 Å². The predicted molar refractivity (Wildman–Crippen MR) is 116 cm³/mol. The molecule has 0 saturated carbocycles. The minimum Gasteiger partial charge on any atom is -0.304 e. The summed E-state index contributed by atoms with van der Waals surface area (Å²) in [6.07, 6.45) is 0. The Morgan fingerprint density at radius 3 is 1.77 bits per heavy atom. The molecule has 3 aromatic rings. The summed E-state index contributed by atoms with van der Waals surface area (Å²) in [4.78, 5) is 11.2. The summed E-state index contributed by atoms with van der Waals surface area (Å²) < 4.78 is 32.0. The standard InChI is InChI=1S/C22H21FN3O3P/c23-19-13-11-18(12-14-19)22(17-26(27)28)30(29)24(20-7-3-1-4-8-20)15-16-25(30)21-9-5-2-6-10-21/h1-14,22H,15-17H2. The molecular weight excluding hydrogens is 404 g/mol. The molecule has 0 N–H and O–H groups in total. The number of rotatable bonds is 6. The maximum atomic E-state index is 14.9. The molecule has 1 saturated heterocycles. The van der Waals surface area contributed by atoms with Gasteiger partial charge in [0.25, 0.3) is 7.44 Å². The average molecular weight is 425 g/mol. The number of benzene rings is 3. The molecule has 1 aliphatic heterocycles. The third kappa shape index (κ3) is 3.68. The van der Waals surface area contributed by atoms with Gasteiger partial charge in [-0.15, -0.1) is 0 Å². The number of hydrogen-bond acceptors (Lipinski definition) is 3. The van der Waals surface area contributed by atoms with E-state index in [2.05, 4.69) is 0 Å². The maximum Gasteiger partial charge on any atom is 0.277 e. The van der Waals surface area contributed by atoms with Crippen molar-refractivity contribution in [2.75, 3.05) is 29.0 Å². The van der Waals surface area contributed by atoms with E-state index in [0.29, 0.717) is 18.7 Å². The predicted octanol–water partition coefficient (Wildman–Crippen LogP) is 5.36. The number of hydrogen-bond donors (Lipinski definition) is 0. The van der Waals surface area contributed by atoms with Crippen molar-refractivity contribution in [3.05, 3.63) is 106 Å². The first-order chi connectivity index (χ1) is 14.5. The smallest absolute Gasteiger partial charge is 0.277 e. The van der Waals surface area contributed by atoms with Crippen LogP contribution in [0.4, 0.5) is 15.8 Å². The number of para-hydroxylation sites is 2. The Morgan fingerprint density at radius 2 is 1.33 bits per heavy atom. The monoisotopic (exact) mass is 425 g/mol. The Morgan fingerprint density at radius 1 is 0.867 bits per heavy atom. The van der Waals surface area contributed by atoms with Gasteiger partial charge in [-0.1, -0.05) is 48.5 Å². The molecule has 0 aliphatic carbocycles. The fraction of sp³-hybridized carbons (Fsp3) is 0.182. The normalized spacial score (nSPS) is 16.4.